The molecular formula is C15H18Cl2IN3. The molecule has 0 saturated heterocycles. The van der Waals surface area contributed by atoms with Crippen molar-refractivity contribution in [2.45, 2.75) is 25.8 Å². The summed E-state index contributed by atoms with van der Waals surface area (Å²) in [6.45, 7) is 2.06. The molecule has 0 saturated carbocycles. The first-order valence-electron chi connectivity index (χ1n) is 6.80. The third-order valence-corrected chi connectivity index (χ3v) is 5.60. The minimum Gasteiger partial charge on any atom is -0.313 e. The highest BCUT2D eigenvalue weighted by molar-refractivity contribution is 14.1. The van der Waals surface area contributed by atoms with E-state index >= 15 is 0 Å². The van der Waals surface area contributed by atoms with E-state index in [-0.39, 0.29) is 6.04 Å². The molecule has 2 aromatic rings. The number of hydrogen-bond donors (Lipinski definition) is 1. The molecule has 21 heavy (non-hydrogen) atoms. The predicted molar refractivity (Wildman–Crippen MR) is 97.3 cm³/mol. The molecule has 0 radical (unpaired) electrons. The molecule has 0 spiro atoms. The molecule has 0 aliphatic heterocycles. The fourth-order valence-electron chi connectivity index (χ4n) is 2.35. The van der Waals surface area contributed by atoms with Gasteiger partial charge in [0, 0.05) is 23.1 Å². The molecule has 1 aromatic carbocycles. The Morgan fingerprint density at radius 2 is 2.10 bits per heavy atom. The van der Waals surface area contributed by atoms with Crippen LogP contribution in [0.3, 0.4) is 0 Å². The molecule has 1 heterocycles. The van der Waals surface area contributed by atoms with Crippen LogP contribution in [-0.2, 0) is 19.9 Å². The first-order valence-corrected chi connectivity index (χ1v) is 8.63. The first kappa shape index (κ1) is 17.1. The van der Waals surface area contributed by atoms with Gasteiger partial charge in [-0.3, -0.25) is 4.68 Å². The van der Waals surface area contributed by atoms with Crippen molar-refractivity contribution in [3.05, 3.63) is 48.8 Å². The summed E-state index contributed by atoms with van der Waals surface area (Å²) in [4.78, 5) is 0. The average Bonchev–Trinajstić information content (AvgIpc) is 2.74. The summed E-state index contributed by atoms with van der Waals surface area (Å²) in [6, 6.07) is 6.29. The smallest absolute Gasteiger partial charge is 0.0850 e. The number of nitrogens with zero attached hydrogens (tertiary/aromatic N) is 2. The zero-order valence-corrected chi connectivity index (χ0v) is 15.9. The Kier molecular flexibility index (Phi) is 5.94. The zero-order valence-electron chi connectivity index (χ0n) is 12.3. The van der Waals surface area contributed by atoms with Gasteiger partial charge in [0.25, 0.3) is 0 Å². The summed E-state index contributed by atoms with van der Waals surface area (Å²) in [6.07, 6.45) is 1.61. The molecule has 1 N–H and O–H groups in total. The van der Waals surface area contributed by atoms with Gasteiger partial charge in [0.1, 0.15) is 0 Å². The van der Waals surface area contributed by atoms with Crippen LogP contribution in [-0.4, -0.2) is 16.8 Å². The second-order valence-corrected chi connectivity index (χ2v) is 6.85. The molecule has 0 aliphatic rings. The molecule has 6 heteroatoms. The maximum absolute atomic E-state index is 6.44. The molecule has 1 atom stereocenters. The molecule has 0 amide bonds. The van der Waals surface area contributed by atoms with E-state index in [0.29, 0.717) is 0 Å². The number of hydrogen-bond acceptors (Lipinski definition) is 2. The fourth-order valence-corrected chi connectivity index (χ4v) is 3.25. The van der Waals surface area contributed by atoms with Crippen molar-refractivity contribution in [1.29, 1.82) is 0 Å². The second-order valence-electron chi connectivity index (χ2n) is 4.90. The molecule has 3 nitrogen and oxygen atoms in total. The van der Waals surface area contributed by atoms with Crippen molar-refractivity contribution >= 4 is 45.8 Å². The quantitative estimate of drug-likeness (QED) is 0.702. The normalized spacial score (nSPS) is 12.7. The summed E-state index contributed by atoms with van der Waals surface area (Å²) in [5.41, 5.74) is 3.14. The van der Waals surface area contributed by atoms with Crippen molar-refractivity contribution in [2.75, 3.05) is 7.05 Å². The molecule has 0 bridgehead atoms. The van der Waals surface area contributed by atoms with E-state index in [0.717, 1.165) is 43.4 Å². The minimum absolute atomic E-state index is 0.150. The lowest BCUT2D eigenvalue weighted by Gasteiger charge is -2.17. The lowest BCUT2D eigenvalue weighted by Crippen LogP contribution is -2.20. The van der Waals surface area contributed by atoms with Crippen LogP contribution in [0.4, 0.5) is 0 Å². The Balaban J connectivity index is 2.31. The maximum atomic E-state index is 6.44. The van der Waals surface area contributed by atoms with E-state index in [1.807, 2.05) is 30.9 Å². The van der Waals surface area contributed by atoms with Gasteiger partial charge in [-0.15, -0.1) is 0 Å². The van der Waals surface area contributed by atoms with Gasteiger partial charge >= 0.3 is 0 Å². The highest BCUT2D eigenvalue weighted by Gasteiger charge is 2.18. The highest BCUT2D eigenvalue weighted by atomic mass is 127. The Hall–Kier alpha value is -0.300. The van der Waals surface area contributed by atoms with Crippen molar-refractivity contribution in [1.82, 2.24) is 15.1 Å². The summed E-state index contributed by atoms with van der Waals surface area (Å²) >= 11 is 14.9. The number of benzene rings is 1. The van der Waals surface area contributed by atoms with Crippen LogP contribution in [0.1, 0.15) is 29.9 Å². The first-order chi connectivity index (χ1) is 9.97. The second kappa shape index (κ2) is 7.31. The molecule has 2 rings (SSSR count). The van der Waals surface area contributed by atoms with Crippen LogP contribution in [0.15, 0.2) is 18.2 Å². The van der Waals surface area contributed by atoms with Gasteiger partial charge in [-0.2, -0.15) is 5.10 Å². The third-order valence-electron chi connectivity index (χ3n) is 3.59. The van der Waals surface area contributed by atoms with Crippen LogP contribution in [0.25, 0.3) is 0 Å². The Bertz CT molecular complexity index is 640. The number of aryl methyl sites for hydroxylation is 2. The lowest BCUT2D eigenvalue weighted by molar-refractivity contribution is 0.561. The third kappa shape index (κ3) is 3.73. The Morgan fingerprint density at radius 1 is 1.38 bits per heavy atom. The molecule has 0 aliphatic carbocycles. The van der Waals surface area contributed by atoms with Crippen LogP contribution >= 0.6 is 45.8 Å². The SMILES string of the molecule is CCc1nn(C)c(CC(NC)c2ccc(I)c(Cl)c2)c1Cl. The van der Waals surface area contributed by atoms with Gasteiger partial charge in [0.15, 0.2) is 0 Å². The van der Waals surface area contributed by atoms with E-state index in [2.05, 4.69) is 46.0 Å². The van der Waals surface area contributed by atoms with Crippen LogP contribution in [0.5, 0.6) is 0 Å². The van der Waals surface area contributed by atoms with Gasteiger partial charge in [-0.1, -0.05) is 36.2 Å². The van der Waals surface area contributed by atoms with Crippen LogP contribution in [0.2, 0.25) is 10.0 Å². The van der Waals surface area contributed by atoms with Gasteiger partial charge in [-0.25, -0.2) is 0 Å². The predicted octanol–water partition coefficient (Wildman–Crippen LogP) is 4.40. The maximum Gasteiger partial charge on any atom is 0.0850 e. The van der Waals surface area contributed by atoms with Crippen molar-refractivity contribution < 1.29 is 0 Å². The number of rotatable bonds is 5. The number of halogens is 3. The van der Waals surface area contributed by atoms with Crippen molar-refractivity contribution in [3.63, 3.8) is 0 Å². The van der Waals surface area contributed by atoms with Crippen molar-refractivity contribution in [3.8, 4) is 0 Å². The fraction of sp³-hybridized carbons (Fsp3) is 0.400. The number of nitrogens with one attached hydrogen (secondary N) is 1. The summed E-state index contributed by atoms with van der Waals surface area (Å²) < 4.78 is 2.93. The van der Waals surface area contributed by atoms with Gasteiger partial charge in [-0.05, 0) is 53.8 Å². The van der Waals surface area contributed by atoms with Crippen molar-refractivity contribution in [2.24, 2.45) is 7.05 Å². The van der Waals surface area contributed by atoms with Crippen LogP contribution < -0.4 is 5.32 Å². The monoisotopic (exact) mass is 437 g/mol. The molecule has 0 fully saturated rings. The van der Waals surface area contributed by atoms with Gasteiger partial charge in [0.05, 0.1) is 21.4 Å². The topological polar surface area (TPSA) is 29.9 Å². The lowest BCUT2D eigenvalue weighted by atomic mass is 10.0. The largest absolute Gasteiger partial charge is 0.313 e. The Labute approximate surface area is 149 Å². The van der Waals surface area contributed by atoms with E-state index in [9.17, 15) is 0 Å². The highest BCUT2D eigenvalue weighted by Crippen LogP contribution is 2.28. The van der Waals surface area contributed by atoms with Gasteiger partial charge in [0.2, 0.25) is 0 Å². The molecule has 1 unspecified atom stereocenters. The van der Waals surface area contributed by atoms with Crippen LogP contribution in [0, 0.1) is 3.57 Å². The van der Waals surface area contributed by atoms with E-state index < -0.39 is 0 Å². The average molecular weight is 438 g/mol. The standard InChI is InChI=1S/C15H18Cl2IN3/c1-4-12-15(17)14(21(3)20-12)8-13(19-2)9-5-6-11(18)10(16)7-9/h5-7,13,19H,4,8H2,1-3H3. The molecular weight excluding hydrogens is 420 g/mol. The summed E-state index contributed by atoms with van der Waals surface area (Å²) in [7, 11) is 3.88. The van der Waals surface area contributed by atoms with E-state index in [4.69, 9.17) is 23.2 Å². The minimum atomic E-state index is 0.150. The summed E-state index contributed by atoms with van der Waals surface area (Å²) in [5, 5.41) is 9.36. The number of likely N-dealkylation sites (N-methyl/N-ethyl adjacent to an activating group) is 1. The summed E-state index contributed by atoms with van der Waals surface area (Å²) in [5.74, 6) is 0. The Morgan fingerprint density at radius 3 is 2.62 bits per heavy atom. The molecule has 1 aromatic heterocycles. The van der Waals surface area contributed by atoms with E-state index in [1.54, 1.807) is 0 Å². The van der Waals surface area contributed by atoms with Gasteiger partial charge < -0.3 is 5.32 Å². The molecule has 114 valence electrons. The van der Waals surface area contributed by atoms with E-state index in [1.165, 1.54) is 0 Å². The number of aromatic nitrogens is 2. The zero-order chi connectivity index (χ0) is 15.6.